The fourth-order valence-electron chi connectivity index (χ4n) is 4.78. The molecular weight excluding hydrogens is 362 g/mol. The SMILES string of the molecule is Cl.O=C(O)C(Oc1cccc2ccccc12)[C@@H]1CCCC[C@H]1N1CCCC1. The van der Waals surface area contributed by atoms with E-state index in [1.165, 1.54) is 19.3 Å². The molecular formula is C22H28ClNO3. The maximum atomic E-state index is 12.2. The summed E-state index contributed by atoms with van der Waals surface area (Å²) in [5.74, 6) is -0.103. The Labute approximate surface area is 166 Å². The number of aliphatic carboxylic acids is 1. The summed E-state index contributed by atoms with van der Waals surface area (Å²) < 4.78 is 6.19. The van der Waals surface area contributed by atoms with Crippen molar-refractivity contribution < 1.29 is 14.6 Å². The first-order valence-electron chi connectivity index (χ1n) is 9.85. The molecule has 1 aliphatic heterocycles. The van der Waals surface area contributed by atoms with Gasteiger partial charge in [0.05, 0.1) is 0 Å². The molecule has 0 spiro atoms. The van der Waals surface area contributed by atoms with Crippen LogP contribution in [-0.4, -0.2) is 41.2 Å². The number of ether oxygens (including phenoxy) is 1. The normalized spacial score (nSPS) is 24.3. The molecule has 2 aromatic rings. The molecule has 2 fully saturated rings. The third kappa shape index (κ3) is 4.22. The summed E-state index contributed by atoms with van der Waals surface area (Å²) >= 11 is 0. The molecule has 2 aromatic carbocycles. The first-order valence-corrected chi connectivity index (χ1v) is 9.85. The van der Waals surface area contributed by atoms with Gasteiger partial charge in [-0.05, 0) is 50.2 Å². The number of carboxylic acid groups (broad SMARTS) is 1. The summed E-state index contributed by atoms with van der Waals surface area (Å²) in [7, 11) is 0. The van der Waals surface area contributed by atoms with Gasteiger partial charge in [0.1, 0.15) is 5.75 Å². The van der Waals surface area contributed by atoms with Crippen LogP contribution >= 0.6 is 12.4 Å². The fourth-order valence-corrected chi connectivity index (χ4v) is 4.78. The zero-order valence-electron chi connectivity index (χ0n) is 15.5. The van der Waals surface area contributed by atoms with Gasteiger partial charge in [-0.2, -0.15) is 0 Å². The predicted molar refractivity (Wildman–Crippen MR) is 110 cm³/mol. The lowest BCUT2D eigenvalue weighted by molar-refractivity contribution is -0.150. The molecule has 1 saturated carbocycles. The van der Waals surface area contributed by atoms with Gasteiger partial charge < -0.3 is 9.84 Å². The van der Waals surface area contributed by atoms with Crippen LogP contribution in [0.1, 0.15) is 38.5 Å². The molecule has 1 N–H and O–H groups in total. The monoisotopic (exact) mass is 389 g/mol. The second kappa shape index (κ2) is 8.94. The Kier molecular flexibility index (Phi) is 6.61. The molecule has 27 heavy (non-hydrogen) atoms. The van der Waals surface area contributed by atoms with Crippen LogP contribution in [0.3, 0.4) is 0 Å². The van der Waals surface area contributed by atoms with E-state index < -0.39 is 12.1 Å². The summed E-state index contributed by atoms with van der Waals surface area (Å²) in [6, 6.07) is 14.2. The zero-order chi connectivity index (χ0) is 17.9. The lowest BCUT2D eigenvalue weighted by Gasteiger charge is -2.40. The van der Waals surface area contributed by atoms with Crippen molar-refractivity contribution in [1.29, 1.82) is 0 Å². The molecule has 146 valence electrons. The van der Waals surface area contributed by atoms with Gasteiger partial charge in [0.15, 0.2) is 6.10 Å². The van der Waals surface area contributed by atoms with Crippen molar-refractivity contribution in [3.05, 3.63) is 42.5 Å². The van der Waals surface area contributed by atoms with Crippen LogP contribution in [0.15, 0.2) is 42.5 Å². The summed E-state index contributed by atoms with van der Waals surface area (Å²) in [5, 5.41) is 12.0. The maximum Gasteiger partial charge on any atom is 0.345 e. The van der Waals surface area contributed by atoms with Crippen molar-refractivity contribution in [3.8, 4) is 5.75 Å². The minimum atomic E-state index is -0.839. The van der Waals surface area contributed by atoms with Gasteiger partial charge in [-0.1, -0.05) is 49.2 Å². The summed E-state index contributed by atoms with van der Waals surface area (Å²) in [6.07, 6.45) is 5.98. The van der Waals surface area contributed by atoms with Crippen molar-refractivity contribution in [3.63, 3.8) is 0 Å². The molecule has 0 radical (unpaired) electrons. The first-order chi connectivity index (χ1) is 12.7. The highest BCUT2D eigenvalue weighted by Crippen LogP contribution is 2.36. The van der Waals surface area contributed by atoms with Crippen LogP contribution in [0, 0.1) is 5.92 Å². The highest BCUT2D eigenvalue weighted by molar-refractivity contribution is 5.88. The van der Waals surface area contributed by atoms with E-state index in [4.69, 9.17) is 4.74 Å². The maximum absolute atomic E-state index is 12.2. The number of hydrogen-bond acceptors (Lipinski definition) is 3. The molecule has 2 aliphatic rings. The molecule has 0 aromatic heterocycles. The van der Waals surface area contributed by atoms with Gasteiger partial charge in [-0.3, -0.25) is 4.90 Å². The van der Waals surface area contributed by atoms with E-state index >= 15 is 0 Å². The van der Waals surface area contributed by atoms with E-state index in [0.717, 1.165) is 43.1 Å². The lowest BCUT2D eigenvalue weighted by Crippen LogP contribution is -2.49. The van der Waals surface area contributed by atoms with Crippen LogP contribution in [-0.2, 0) is 4.79 Å². The molecule has 1 saturated heterocycles. The predicted octanol–water partition coefficient (Wildman–Crippen LogP) is 4.75. The molecule has 0 amide bonds. The van der Waals surface area contributed by atoms with Gasteiger partial charge in [0.25, 0.3) is 0 Å². The summed E-state index contributed by atoms with van der Waals surface area (Å²) in [4.78, 5) is 14.7. The van der Waals surface area contributed by atoms with Crippen LogP contribution in [0.2, 0.25) is 0 Å². The molecule has 3 atom stereocenters. The minimum Gasteiger partial charge on any atom is -0.478 e. The van der Waals surface area contributed by atoms with E-state index in [0.29, 0.717) is 11.8 Å². The number of carbonyl (C=O) groups is 1. The number of benzene rings is 2. The number of halogens is 1. The second-order valence-corrected chi connectivity index (χ2v) is 7.61. The Morgan fingerprint density at radius 3 is 2.48 bits per heavy atom. The number of likely N-dealkylation sites (tertiary alicyclic amines) is 1. The van der Waals surface area contributed by atoms with E-state index in [2.05, 4.69) is 4.90 Å². The molecule has 4 rings (SSSR count). The van der Waals surface area contributed by atoms with E-state index in [1.54, 1.807) is 0 Å². The minimum absolute atomic E-state index is 0. The Bertz CT molecular complexity index is 770. The number of nitrogens with zero attached hydrogens (tertiary/aromatic N) is 1. The standard InChI is InChI=1S/C22H27NO3.ClH/c24-22(25)21(18-11-3-4-12-19(18)23-14-5-6-15-23)26-20-13-7-9-16-8-1-2-10-17(16)20;/h1-2,7-10,13,18-19,21H,3-6,11-12,14-15H2,(H,24,25);1H/t18-,19-,21?;/m1./s1. The highest BCUT2D eigenvalue weighted by Gasteiger charge is 2.41. The molecule has 0 bridgehead atoms. The Balaban J connectivity index is 0.00000210. The van der Waals surface area contributed by atoms with E-state index in [1.807, 2.05) is 42.5 Å². The molecule has 4 nitrogen and oxygen atoms in total. The van der Waals surface area contributed by atoms with Gasteiger partial charge >= 0.3 is 5.97 Å². The number of hydrogen-bond donors (Lipinski definition) is 1. The summed E-state index contributed by atoms with van der Waals surface area (Å²) in [6.45, 7) is 2.20. The van der Waals surface area contributed by atoms with E-state index in [-0.39, 0.29) is 18.3 Å². The van der Waals surface area contributed by atoms with Gasteiger partial charge in [-0.15, -0.1) is 12.4 Å². The van der Waals surface area contributed by atoms with Crippen molar-refractivity contribution in [1.82, 2.24) is 4.90 Å². The van der Waals surface area contributed by atoms with Crippen molar-refractivity contribution in [2.24, 2.45) is 5.92 Å². The lowest BCUT2D eigenvalue weighted by atomic mass is 9.80. The smallest absolute Gasteiger partial charge is 0.345 e. The first kappa shape index (κ1) is 20.0. The average molecular weight is 390 g/mol. The molecule has 1 aliphatic carbocycles. The summed E-state index contributed by atoms with van der Waals surface area (Å²) in [5.41, 5.74) is 0. The Hall–Kier alpha value is -1.78. The molecule has 1 unspecified atom stereocenters. The van der Waals surface area contributed by atoms with E-state index in [9.17, 15) is 9.90 Å². The number of rotatable bonds is 5. The van der Waals surface area contributed by atoms with Crippen LogP contribution in [0.25, 0.3) is 10.8 Å². The molecule has 5 heteroatoms. The van der Waals surface area contributed by atoms with Gasteiger partial charge in [0.2, 0.25) is 0 Å². The van der Waals surface area contributed by atoms with Gasteiger partial charge in [0, 0.05) is 17.3 Å². The van der Waals surface area contributed by atoms with Gasteiger partial charge in [-0.25, -0.2) is 4.79 Å². The topological polar surface area (TPSA) is 49.8 Å². The third-order valence-corrected chi connectivity index (χ3v) is 6.03. The Morgan fingerprint density at radius 2 is 1.70 bits per heavy atom. The number of fused-ring (bicyclic) bond motifs is 1. The zero-order valence-corrected chi connectivity index (χ0v) is 16.4. The third-order valence-electron chi connectivity index (χ3n) is 6.03. The van der Waals surface area contributed by atoms with Crippen LogP contribution in [0.5, 0.6) is 5.75 Å². The quantitative estimate of drug-likeness (QED) is 0.801. The largest absolute Gasteiger partial charge is 0.478 e. The van der Waals surface area contributed by atoms with Crippen molar-refractivity contribution in [2.45, 2.75) is 50.7 Å². The van der Waals surface area contributed by atoms with Crippen LogP contribution in [0.4, 0.5) is 0 Å². The fraction of sp³-hybridized carbons (Fsp3) is 0.500. The van der Waals surface area contributed by atoms with Crippen molar-refractivity contribution >= 4 is 29.1 Å². The van der Waals surface area contributed by atoms with Crippen molar-refractivity contribution in [2.75, 3.05) is 13.1 Å². The number of carboxylic acids is 1. The van der Waals surface area contributed by atoms with Crippen LogP contribution < -0.4 is 4.74 Å². The molecule has 1 heterocycles. The second-order valence-electron chi connectivity index (χ2n) is 7.61. The average Bonchev–Trinajstić information content (AvgIpc) is 3.20. The Morgan fingerprint density at radius 1 is 1.00 bits per heavy atom. The highest BCUT2D eigenvalue weighted by atomic mass is 35.5.